The first-order chi connectivity index (χ1) is 9.68. The largest absolute Gasteiger partial charge is 0.381 e. The molecule has 1 saturated heterocycles. The zero-order valence-electron chi connectivity index (χ0n) is 12.5. The van der Waals surface area contributed by atoms with Gasteiger partial charge in [-0.15, -0.1) is 0 Å². The van der Waals surface area contributed by atoms with Crippen molar-refractivity contribution in [2.75, 3.05) is 19.8 Å². The average molecular weight is 272 g/mol. The summed E-state index contributed by atoms with van der Waals surface area (Å²) < 4.78 is 7.67. The summed E-state index contributed by atoms with van der Waals surface area (Å²) in [5, 5.41) is 5.01. The highest BCUT2D eigenvalue weighted by Gasteiger charge is 2.26. The van der Waals surface area contributed by atoms with E-state index in [9.17, 15) is 0 Å². The van der Waals surface area contributed by atoms with Gasteiger partial charge in [-0.25, -0.2) is 0 Å². The number of benzene rings is 1. The van der Waals surface area contributed by atoms with Crippen LogP contribution in [0.25, 0.3) is 10.9 Å². The molecule has 1 aromatic heterocycles. The van der Waals surface area contributed by atoms with Gasteiger partial charge in [0.1, 0.15) is 0 Å². The standard InChI is InChI=1S/C17H24N2O/c1-17(7-9-20-10-8-17)13-18-11-14-12-19(2)16-6-4-3-5-15(14)16/h3-6,12,18H,7-11,13H2,1-2H3. The predicted octanol–water partition coefficient (Wildman–Crippen LogP) is 3.08. The Morgan fingerprint density at radius 2 is 2.00 bits per heavy atom. The normalized spacial score (nSPS) is 18.5. The van der Waals surface area contributed by atoms with Crippen LogP contribution in [0.15, 0.2) is 30.5 Å². The second-order valence-electron chi connectivity index (χ2n) is 6.31. The number of ether oxygens (including phenoxy) is 1. The molecule has 0 spiro atoms. The third-order valence-corrected chi connectivity index (χ3v) is 4.55. The maximum atomic E-state index is 5.46. The Morgan fingerprint density at radius 1 is 1.25 bits per heavy atom. The molecule has 2 aromatic rings. The van der Waals surface area contributed by atoms with Gasteiger partial charge in [0.2, 0.25) is 0 Å². The van der Waals surface area contributed by atoms with Crippen molar-refractivity contribution in [3.8, 4) is 0 Å². The van der Waals surface area contributed by atoms with Crippen LogP contribution in [-0.2, 0) is 18.3 Å². The van der Waals surface area contributed by atoms with Crippen LogP contribution in [0.3, 0.4) is 0 Å². The maximum Gasteiger partial charge on any atom is 0.0481 e. The van der Waals surface area contributed by atoms with Crippen molar-refractivity contribution in [3.63, 3.8) is 0 Å². The first-order valence-corrected chi connectivity index (χ1v) is 7.49. The molecular formula is C17H24N2O. The van der Waals surface area contributed by atoms with E-state index < -0.39 is 0 Å². The van der Waals surface area contributed by atoms with Crippen molar-refractivity contribution in [2.45, 2.75) is 26.3 Å². The number of fused-ring (bicyclic) bond motifs is 1. The molecule has 0 amide bonds. The third-order valence-electron chi connectivity index (χ3n) is 4.55. The Balaban J connectivity index is 1.65. The van der Waals surface area contributed by atoms with Crippen LogP contribution in [0, 0.1) is 5.41 Å². The Labute approximate surface area is 120 Å². The minimum Gasteiger partial charge on any atom is -0.381 e. The van der Waals surface area contributed by atoms with Gasteiger partial charge < -0.3 is 14.6 Å². The van der Waals surface area contributed by atoms with Gasteiger partial charge in [-0.3, -0.25) is 0 Å². The number of para-hydroxylation sites is 1. The van der Waals surface area contributed by atoms with Gasteiger partial charge in [-0.2, -0.15) is 0 Å². The Kier molecular flexibility index (Phi) is 3.81. The molecule has 108 valence electrons. The summed E-state index contributed by atoms with van der Waals surface area (Å²) in [7, 11) is 2.12. The van der Waals surface area contributed by atoms with Gasteiger partial charge in [-0.1, -0.05) is 25.1 Å². The fourth-order valence-corrected chi connectivity index (χ4v) is 3.11. The van der Waals surface area contributed by atoms with Gasteiger partial charge >= 0.3 is 0 Å². The predicted molar refractivity (Wildman–Crippen MR) is 82.8 cm³/mol. The van der Waals surface area contributed by atoms with E-state index in [0.29, 0.717) is 5.41 Å². The lowest BCUT2D eigenvalue weighted by Crippen LogP contribution is -2.36. The smallest absolute Gasteiger partial charge is 0.0481 e. The summed E-state index contributed by atoms with van der Waals surface area (Å²) in [5.74, 6) is 0. The molecule has 0 aliphatic carbocycles. The first-order valence-electron chi connectivity index (χ1n) is 7.49. The molecule has 3 nitrogen and oxygen atoms in total. The van der Waals surface area contributed by atoms with E-state index >= 15 is 0 Å². The SMILES string of the molecule is Cn1cc(CNCC2(C)CCOCC2)c2ccccc21. The lowest BCUT2D eigenvalue weighted by molar-refractivity contribution is 0.0240. The number of rotatable bonds is 4. The fraction of sp³-hybridized carbons (Fsp3) is 0.529. The number of aryl methyl sites for hydroxylation is 1. The molecule has 2 heterocycles. The van der Waals surface area contributed by atoms with Crippen molar-refractivity contribution in [2.24, 2.45) is 12.5 Å². The number of nitrogens with one attached hydrogen (secondary N) is 1. The molecule has 3 rings (SSSR count). The minimum absolute atomic E-state index is 0.392. The second-order valence-corrected chi connectivity index (χ2v) is 6.31. The van der Waals surface area contributed by atoms with Gasteiger partial charge in [0, 0.05) is 50.5 Å². The fourth-order valence-electron chi connectivity index (χ4n) is 3.11. The van der Waals surface area contributed by atoms with E-state index in [1.54, 1.807) is 0 Å². The summed E-state index contributed by atoms with van der Waals surface area (Å²) >= 11 is 0. The van der Waals surface area contributed by atoms with Crippen molar-refractivity contribution < 1.29 is 4.74 Å². The number of hydrogen-bond donors (Lipinski definition) is 1. The van der Waals surface area contributed by atoms with Crippen molar-refractivity contribution in [1.29, 1.82) is 0 Å². The highest BCUT2D eigenvalue weighted by atomic mass is 16.5. The summed E-state index contributed by atoms with van der Waals surface area (Å²) in [6.07, 6.45) is 4.56. The van der Waals surface area contributed by atoms with Gasteiger partial charge in [0.15, 0.2) is 0 Å². The molecular weight excluding hydrogens is 248 g/mol. The summed E-state index contributed by atoms with van der Waals surface area (Å²) in [6.45, 7) is 6.20. The monoisotopic (exact) mass is 272 g/mol. The van der Waals surface area contributed by atoms with E-state index in [0.717, 1.165) is 39.1 Å². The van der Waals surface area contributed by atoms with Crippen molar-refractivity contribution >= 4 is 10.9 Å². The molecule has 0 saturated carbocycles. The molecule has 20 heavy (non-hydrogen) atoms. The third kappa shape index (κ3) is 2.74. The van der Waals surface area contributed by atoms with Crippen molar-refractivity contribution in [1.82, 2.24) is 9.88 Å². The van der Waals surface area contributed by atoms with E-state index in [1.807, 2.05) is 0 Å². The summed E-state index contributed by atoms with van der Waals surface area (Å²) in [5.41, 5.74) is 3.09. The van der Waals surface area contributed by atoms with E-state index in [2.05, 4.69) is 54.3 Å². The molecule has 0 unspecified atom stereocenters. The van der Waals surface area contributed by atoms with E-state index in [-0.39, 0.29) is 0 Å². The highest BCUT2D eigenvalue weighted by Crippen LogP contribution is 2.29. The molecule has 1 aromatic carbocycles. The summed E-state index contributed by atoms with van der Waals surface area (Å²) in [6, 6.07) is 8.61. The maximum absolute atomic E-state index is 5.46. The first kappa shape index (κ1) is 13.7. The molecule has 0 atom stereocenters. The van der Waals surface area contributed by atoms with Gasteiger partial charge in [-0.05, 0) is 29.9 Å². The average Bonchev–Trinajstić information content (AvgIpc) is 2.77. The van der Waals surface area contributed by atoms with Crippen LogP contribution < -0.4 is 5.32 Å². The Hall–Kier alpha value is -1.32. The van der Waals surface area contributed by atoms with Gasteiger partial charge in [0.25, 0.3) is 0 Å². The van der Waals surface area contributed by atoms with Crippen molar-refractivity contribution in [3.05, 3.63) is 36.0 Å². The minimum atomic E-state index is 0.392. The molecule has 0 bridgehead atoms. The lowest BCUT2D eigenvalue weighted by atomic mass is 9.82. The van der Waals surface area contributed by atoms with Crippen LogP contribution in [0.4, 0.5) is 0 Å². The number of nitrogens with zero attached hydrogens (tertiary/aromatic N) is 1. The van der Waals surface area contributed by atoms with Crippen LogP contribution in [0.1, 0.15) is 25.3 Å². The molecule has 1 aliphatic rings. The Morgan fingerprint density at radius 3 is 2.80 bits per heavy atom. The van der Waals surface area contributed by atoms with E-state index in [4.69, 9.17) is 4.74 Å². The Bertz CT molecular complexity index is 582. The topological polar surface area (TPSA) is 26.2 Å². The lowest BCUT2D eigenvalue weighted by Gasteiger charge is -2.33. The van der Waals surface area contributed by atoms with Crippen LogP contribution in [-0.4, -0.2) is 24.3 Å². The zero-order valence-corrected chi connectivity index (χ0v) is 12.5. The quantitative estimate of drug-likeness (QED) is 0.925. The van der Waals surface area contributed by atoms with Crippen LogP contribution in [0.5, 0.6) is 0 Å². The highest BCUT2D eigenvalue weighted by molar-refractivity contribution is 5.83. The van der Waals surface area contributed by atoms with Crippen LogP contribution >= 0.6 is 0 Å². The van der Waals surface area contributed by atoms with Crippen LogP contribution in [0.2, 0.25) is 0 Å². The summed E-state index contributed by atoms with van der Waals surface area (Å²) in [4.78, 5) is 0. The second kappa shape index (κ2) is 5.58. The molecule has 1 N–H and O–H groups in total. The molecule has 3 heteroatoms. The number of aromatic nitrogens is 1. The zero-order chi connectivity index (χ0) is 14.0. The van der Waals surface area contributed by atoms with E-state index in [1.165, 1.54) is 16.5 Å². The molecule has 1 fully saturated rings. The number of hydrogen-bond acceptors (Lipinski definition) is 2. The molecule has 1 aliphatic heterocycles. The molecule has 0 radical (unpaired) electrons. The van der Waals surface area contributed by atoms with Gasteiger partial charge in [0.05, 0.1) is 0 Å².